The van der Waals surface area contributed by atoms with Gasteiger partial charge in [-0.3, -0.25) is 4.98 Å². The van der Waals surface area contributed by atoms with Crippen LogP contribution in [0.15, 0.2) is 147 Å². The van der Waals surface area contributed by atoms with E-state index < -0.39 is 99.5 Å². The van der Waals surface area contributed by atoms with Crippen LogP contribution in [-0.2, 0) is 33.2 Å². The maximum Gasteiger partial charge on any atom is 0.338 e. The van der Waals surface area contributed by atoms with Crippen LogP contribution in [-0.4, -0.2) is 93.7 Å². The van der Waals surface area contributed by atoms with E-state index in [2.05, 4.69) is 29.9 Å². The monoisotopic (exact) mass is 889 g/mol. The molecule has 0 radical (unpaired) electrons. The molecule has 0 amide bonds. The highest BCUT2D eigenvalue weighted by Crippen LogP contribution is 2.28. The summed E-state index contributed by atoms with van der Waals surface area (Å²) in [7, 11) is 0. The summed E-state index contributed by atoms with van der Waals surface area (Å²) in [5.41, 5.74) is -2.21. The van der Waals surface area contributed by atoms with Crippen molar-refractivity contribution >= 4 is 35.8 Å². The first-order valence-corrected chi connectivity index (χ1v) is 20.0. The van der Waals surface area contributed by atoms with Gasteiger partial charge in [0, 0.05) is 73.1 Å². The zero-order chi connectivity index (χ0) is 45.7. The van der Waals surface area contributed by atoms with Crippen molar-refractivity contribution in [2.24, 2.45) is 10.8 Å². The molecule has 19 heteroatoms. The van der Waals surface area contributed by atoms with Crippen LogP contribution in [0.1, 0.15) is 62.1 Å². The zero-order valence-corrected chi connectivity index (χ0v) is 34.8. The molecule has 0 aliphatic carbocycles. The molecule has 19 nitrogen and oxygen atoms in total. The molecule has 0 saturated heterocycles. The van der Waals surface area contributed by atoms with Crippen molar-refractivity contribution < 1.29 is 86.8 Å². The molecule has 0 aromatic carbocycles. The Labute approximate surface area is 371 Å². The van der Waals surface area contributed by atoms with Gasteiger partial charge in [-0.2, -0.15) is 0 Å². The van der Waals surface area contributed by atoms with E-state index in [0.29, 0.717) is 0 Å². The largest absolute Gasteiger partial charge is 0.461 e. The van der Waals surface area contributed by atoms with E-state index in [-0.39, 0.29) is 33.4 Å². The van der Waals surface area contributed by atoms with E-state index in [0.717, 1.165) is 0 Å². The van der Waals surface area contributed by atoms with Gasteiger partial charge >= 0.3 is 35.8 Å². The number of aromatic nitrogens is 6. The van der Waals surface area contributed by atoms with Crippen LogP contribution < -0.4 is 24.9 Å². The number of ether oxygens (including phenoxy) is 7. The topological polar surface area (TPSA) is 251 Å². The number of hydrogen-bond donors (Lipinski definition) is 0. The number of nitrogens with zero attached hydrogens (tertiary/aromatic N) is 1. The van der Waals surface area contributed by atoms with Crippen LogP contribution in [0.2, 0.25) is 0 Å². The first kappa shape index (κ1) is 46.2. The molecule has 0 atom stereocenters. The van der Waals surface area contributed by atoms with Gasteiger partial charge in [0.1, 0.15) is 39.6 Å². The third-order valence-electron chi connectivity index (χ3n) is 9.56. The average molecular weight is 890 g/mol. The Morgan fingerprint density at radius 2 is 0.523 bits per heavy atom. The predicted molar refractivity (Wildman–Crippen MR) is 217 cm³/mol. The van der Waals surface area contributed by atoms with Crippen LogP contribution in [0.4, 0.5) is 0 Å². The molecule has 6 aromatic heterocycles. The molecule has 6 aromatic rings. The Kier molecular flexibility index (Phi) is 16.5. The minimum atomic E-state index is -1.63. The van der Waals surface area contributed by atoms with Gasteiger partial charge in [-0.15, -0.1) is 0 Å². The van der Waals surface area contributed by atoms with Gasteiger partial charge in [0.25, 0.3) is 0 Å². The molecule has 65 heavy (non-hydrogen) atoms. The Balaban J connectivity index is 1.34. The van der Waals surface area contributed by atoms with Gasteiger partial charge < -0.3 is 33.2 Å². The third kappa shape index (κ3) is 13.8. The van der Waals surface area contributed by atoms with Gasteiger partial charge in [0.2, 0.25) is 0 Å². The number of carbonyl (C=O) groups excluding carboxylic acids is 6. The lowest BCUT2D eigenvalue weighted by Gasteiger charge is -2.35. The van der Waals surface area contributed by atoms with Gasteiger partial charge in [0.05, 0.1) is 57.4 Å². The fraction of sp³-hybridized carbons (Fsp3) is 0.217. The number of rotatable bonds is 22. The van der Waals surface area contributed by atoms with Crippen molar-refractivity contribution in [3.63, 3.8) is 0 Å². The molecular weight excluding hydrogens is 845 g/mol. The molecule has 0 spiro atoms. The highest BCUT2D eigenvalue weighted by atomic mass is 16.6. The van der Waals surface area contributed by atoms with E-state index in [4.69, 9.17) is 33.2 Å². The minimum Gasteiger partial charge on any atom is -0.461 e. The third-order valence-corrected chi connectivity index (χ3v) is 9.56. The molecule has 6 heterocycles. The SMILES string of the molecule is O=C(OCC(COCC(COC(=O)c1cc[nH+]cc1)(COC(=O)c1cc[nH+]cc1)COC(=O)c1cc[nH+]cc1)(COC(=O)c1cc[nH+]cc1)COC(=O)c1cc[nH+]cc1)c1ccncc1. The number of carbonyl (C=O) groups is 6. The fourth-order valence-corrected chi connectivity index (χ4v) is 5.90. The Morgan fingerprint density at radius 1 is 0.323 bits per heavy atom. The number of aromatic amines is 5. The van der Waals surface area contributed by atoms with Crippen molar-refractivity contribution in [3.05, 3.63) is 181 Å². The molecule has 0 fully saturated rings. The fourth-order valence-electron chi connectivity index (χ4n) is 5.90. The molecule has 0 aliphatic rings. The van der Waals surface area contributed by atoms with Crippen molar-refractivity contribution in [3.8, 4) is 0 Å². The van der Waals surface area contributed by atoms with E-state index in [1.54, 1.807) is 0 Å². The number of pyridine rings is 6. The molecule has 6 rings (SSSR count). The average Bonchev–Trinajstić information content (AvgIpc) is 3.37. The molecule has 0 saturated carbocycles. The second kappa shape index (κ2) is 23.2. The maximum atomic E-state index is 13.4. The molecular formula is C46H45N6O13+5. The number of esters is 6. The van der Waals surface area contributed by atoms with Crippen molar-refractivity contribution in [1.29, 1.82) is 0 Å². The molecule has 5 N–H and O–H groups in total. The lowest BCUT2D eigenvalue weighted by atomic mass is 9.90. The molecule has 0 bridgehead atoms. The highest BCUT2D eigenvalue weighted by molar-refractivity contribution is 5.91. The van der Waals surface area contributed by atoms with Gasteiger partial charge in [-0.25, -0.2) is 53.7 Å². The van der Waals surface area contributed by atoms with Crippen molar-refractivity contribution in [2.75, 3.05) is 52.9 Å². The predicted octanol–water partition coefficient (Wildman–Crippen LogP) is 1.58. The van der Waals surface area contributed by atoms with Crippen LogP contribution in [0.3, 0.4) is 0 Å². The number of hydrogen-bond acceptors (Lipinski definition) is 14. The second-order valence-corrected chi connectivity index (χ2v) is 14.6. The minimum absolute atomic E-state index is 0.151. The number of nitrogens with one attached hydrogen (secondary N) is 5. The lowest BCUT2D eigenvalue weighted by Crippen LogP contribution is -2.47. The first-order chi connectivity index (χ1) is 31.6. The summed E-state index contributed by atoms with van der Waals surface area (Å²) in [4.78, 5) is 98.4. The quantitative estimate of drug-likeness (QED) is 0.0694. The lowest BCUT2D eigenvalue weighted by molar-refractivity contribution is -0.378. The van der Waals surface area contributed by atoms with E-state index >= 15 is 0 Å². The van der Waals surface area contributed by atoms with E-state index in [9.17, 15) is 28.8 Å². The van der Waals surface area contributed by atoms with Crippen molar-refractivity contribution in [2.45, 2.75) is 0 Å². The summed E-state index contributed by atoms with van der Waals surface area (Å²) in [6, 6.07) is 17.8. The standard InChI is InChI=1S/C46H40N6O13/c53-39(33-1-13-47-14-2-33)60-27-45(28-61-40(54)34-3-15-48-16-4-34,29-62-41(55)35-5-17-49-18-6-35)25-59-26-46(30-63-42(56)36-7-19-50-20-8-36,31-64-43(57)37-9-21-51-22-10-37)32-65-44(58)38-11-23-52-24-12-38/h1-24H,25-32H2/p+5. The van der Waals surface area contributed by atoms with Crippen LogP contribution in [0, 0.1) is 10.8 Å². The normalized spacial score (nSPS) is 11.1. The smallest absolute Gasteiger partial charge is 0.338 e. The molecule has 332 valence electrons. The Bertz CT molecular complexity index is 2050. The summed E-state index contributed by atoms with van der Waals surface area (Å²) in [5.74, 6) is -4.57. The van der Waals surface area contributed by atoms with Gasteiger partial charge in [0.15, 0.2) is 62.0 Å². The summed E-state index contributed by atoms with van der Waals surface area (Å²) in [6.45, 7) is -4.13. The van der Waals surface area contributed by atoms with Crippen molar-refractivity contribution in [1.82, 2.24) is 4.98 Å². The zero-order valence-electron chi connectivity index (χ0n) is 34.8. The summed E-state index contributed by atoms with van der Waals surface area (Å²) in [6.07, 6.45) is 18.1. The maximum absolute atomic E-state index is 13.4. The van der Waals surface area contributed by atoms with E-state index in [1.165, 1.54) is 147 Å². The summed E-state index contributed by atoms with van der Waals surface area (Å²) >= 11 is 0. The van der Waals surface area contributed by atoms with Gasteiger partial charge in [-0.1, -0.05) is 0 Å². The molecule has 0 unspecified atom stereocenters. The summed E-state index contributed by atoms with van der Waals surface area (Å²) in [5, 5.41) is 0. The Morgan fingerprint density at radius 3 is 0.738 bits per heavy atom. The van der Waals surface area contributed by atoms with Crippen LogP contribution >= 0.6 is 0 Å². The Hall–Kier alpha value is -8.32. The van der Waals surface area contributed by atoms with Crippen LogP contribution in [0.25, 0.3) is 0 Å². The highest BCUT2D eigenvalue weighted by Gasteiger charge is 2.41. The first-order valence-electron chi connectivity index (χ1n) is 20.0. The molecule has 0 aliphatic heterocycles. The summed E-state index contributed by atoms with van der Waals surface area (Å²) < 4.78 is 41.1. The van der Waals surface area contributed by atoms with Crippen LogP contribution in [0.5, 0.6) is 0 Å². The second-order valence-electron chi connectivity index (χ2n) is 14.6. The van der Waals surface area contributed by atoms with E-state index in [1.807, 2.05) is 0 Å². The number of H-pyrrole nitrogens is 5. The van der Waals surface area contributed by atoms with Gasteiger partial charge in [-0.05, 0) is 12.1 Å².